The van der Waals surface area contributed by atoms with Gasteiger partial charge in [-0.3, -0.25) is 4.79 Å². The van der Waals surface area contributed by atoms with Crippen LogP contribution in [0.2, 0.25) is 0 Å². The van der Waals surface area contributed by atoms with E-state index in [9.17, 15) is 4.79 Å². The molecule has 3 heteroatoms. The number of hydrogen-bond acceptors (Lipinski definition) is 2. The molecule has 0 bridgehead atoms. The maximum atomic E-state index is 11.2. The Morgan fingerprint density at radius 2 is 2.08 bits per heavy atom. The third kappa shape index (κ3) is 2.04. The summed E-state index contributed by atoms with van der Waals surface area (Å²) in [5.41, 5.74) is 0. The molecule has 1 aliphatic heterocycles. The highest BCUT2D eigenvalue weighted by Gasteiger charge is 2.24. The number of thioether (sulfide) groups is 1. The summed E-state index contributed by atoms with van der Waals surface area (Å²) in [5, 5.41) is 2.94. The van der Waals surface area contributed by atoms with Gasteiger partial charge in [0.1, 0.15) is 0 Å². The number of benzene rings is 1. The average molecular weight is 193 g/mol. The number of amides is 1. The summed E-state index contributed by atoms with van der Waals surface area (Å²) >= 11 is 1.65. The summed E-state index contributed by atoms with van der Waals surface area (Å²) in [7, 11) is 0. The van der Waals surface area contributed by atoms with Crippen LogP contribution in [-0.2, 0) is 4.79 Å². The Hall–Kier alpha value is -0.960. The molecule has 0 spiro atoms. The van der Waals surface area contributed by atoms with Gasteiger partial charge in [0.15, 0.2) is 0 Å². The molecule has 0 saturated carbocycles. The van der Waals surface area contributed by atoms with Crippen LogP contribution in [0, 0.1) is 0 Å². The smallest absolute Gasteiger partial charge is 0.233 e. The standard InChI is InChI=1S/C10H11NOS/c12-10-9(6-7-11-10)13-8-4-2-1-3-5-8/h1-5,9H,6-7H2,(H,11,12). The first-order chi connectivity index (χ1) is 6.36. The fraction of sp³-hybridized carbons (Fsp3) is 0.300. The number of nitrogens with one attached hydrogen (secondary N) is 1. The van der Waals surface area contributed by atoms with Crippen molar-refractivity contribution in [2.24, 2.45) is 0 Å². The Morgan fingerprint density at radius 3 is 2.69 bits per heavy atom. The summed E-state index contributed by atoms with van der Waals surface area (Å²) < 4.78 is 0. The Labute approximate surface area is 81.7 Å². The molecule has 1 N–H and O–H groups in total. The lowest BCUT2D eigenvalue weighted by Crippen LogP contribution is -2.20. The molecule has 2 rings (SSSR count). The van der Waals surface area contributed by atoms with Crippen molar-refractivity contribution < 1.29 is 4.79 Å². The molecule has 1 amide bonds. The molecule has 1 aliphatic rings. The predicted octanol–water partition coefficient (Wildman–Crippen LogP) is 1.67. The predicted molar refractivity (Wildman–Crippen MR) is 53.7 cm³/mol. The van der Waals surface area contributed by atoms with Crippen molar-refractivity contribution >= 4 is 17.7 Å². The Bertz CT molecular complexity index is 299. The number of hydrogen-bond donors (Lipinski definition) is 1. The summed E-state index contributed by atoms with van der Waals surface area (Å²) in [5.74, 6) is 0.175. The van der Waals surface area contributed by atoms with Crippen LogP contribution in [0.4, 0.5) is 0 Å². The first-order valence-electron chi connectivity index (χ1n) is 4.36. The van der Waals surface area contributed by atoms with Crippen LogP contribution in [0.3, 0.4) is 0 Å². The van der Waals surface area contributed by atoms with E-state index in [1.54, 1.807) is 11.8 Å². The van der Waals surface area contributed by atoms with E-state index in [-0.39, 0.29) is 11.2 Å². The van der Waals surface area contributed by atoms with E-state index in [0.29, 0.717) is 0 Å². The topological polar surface area (TPSA) is 29.1 Å². The summed E-state index contributed by atoms with van der Waals surface area (Å²) in [6.07, 6.45) is 0.943. The normalized spacial score (nSPS) is 21.5. The Balaban J connectivity index is 2.02. The van der Waals surface area contributed by atoms with Crippen molar-refractivity contribution in [1.82, 2.24) is 5.32 Å². The van der Waals surface area contributed by atoms with Gasteiger partial charge < -0.3 is 5.32 Å². The SMILES string of the molecule is O=C1NCCC1Sc1ccccc1. The second kappa shape index (κ2) is 3.83. The van der Waals surface area contributed by atoms with E-state index in [0.717, 1.165) is 13.0 Å². The van der Waals surface area contributed by atoms with E-state index < -0.39 is 0 Å². The lowest BCUT2D eigenvalue weighted by Gasteiger charge is -2.05. The van der Waals surface area contributed by atoms with Crippen molar-refractivity contribution in [3.8, 4) is 0 Å². The van der Waals surface area contributed by atoms with Gasteiger partial charge in [-0.15, -0.1) is 11.8 Å². The monoisotopic (exact) mass is 193 g/mol. The third-order valence-corrected chi connectivity index (χ3v) is 3.30. The van der Waals surface area contributed by atoms with Gasteiger partial charge in [-0.1, -0.05) is 18.2 Å². The number of carbonyl (C=O) groups excluding carboxylic acids is 1. The molecule has 1 atom stereocenters. The van der Waals surface area contributed by atoms with E-state index in [2.05, 4.69) is 5.32 Å². The highest BCUT2D eigenvalue weighted by atomic mass is 32.2. The first kappa shape index (κ1) is 8.63. The molecule has 1 aromatic rings. The summed E-state index contributed by atoms with van der Waals surface area (Å²) in [6, 6.07) is 10.1. The zero-order valence-corrected chi connectivity index (χ0v) is 8.01. The molecule has 13 heavy (non-hydrogen) atoms. The molecule has 1 saturated heterocycles. The molecule has 1 heterocycles. The maximum Gasteiger partial charge on any atom is 0.233 e. The van der Waals surface area contributed by atoms with Crippen molar-refractivity contribution in [3.05, 3.63) is 30.3 Å². The Kier molecular flexibility index (Phi) is 2.54. The van der Waals surface area contributed by atoms with E-state index in [1.165, 1.54) is 4.90 Å². The van der Waals surface area contributed by atoms with E-state index in [1.807, 2.05) is 30.3 Å². The van der Waals surface area contributed by atoms with Crippen molar-refractivity contribution in [1.29, 1.82) is 0 Å². The van der Waals surface area contributed by atoms with Crippen molar-refractivity contribution in [3.63, 3.8) is 0 Å². The minimum absolute atomic E-state index is 0.113. The van der Waals surface area contributed by atoms with Gasteiger partial charge >= 0.3 is 0 Å². The molecule has 0 aliphatic carbocycles. The maximum absolute atomic E-state index is 11.2. The molecule has 0 radical (unpaired) electrons. The first-order valence-corrected chi connectivity index (χ1v) is 5.23. The van der Waals surface area contributed by atoms with Crippen LogP contribution in [-0.4, -0.2) is 17.7 Å². The van der Waals surface area contributed by atoms with Crippen LogP contribution in [0.25, 0.3) is 0 Å². The number of rotatable bonds is 2. The van der Waals surface area contributed by atoms with E-state index >= 15 is 0 Å². The van der Waals surface area contributed by atoms with Crippen LogP contribution in [0.15, 0.2) is 35.2 Å². The lowest BCUT2D eigenvalue weighted by molar-refractivity contribution is -0.118. The molecule has 0 aromatic heterocycles. The molecule has 1 unspecified atom stereocenters. The van der Waals surface area contributed by atoms with Crippen LogP contribution in [0.1, 0.15) is 6.42 Å². The van der Waals surface area contributed by atoms with Gasteiger partial charge in [-0.05, 0) is 18.6 Å². The van der Waals surface area contributed by atoms with Crippen LogP contribution in [0.5, 0.6) is 0 Å². The van der Waals surface area contributed by atoms with Gasteiger partial charge in [0.05, 0.1) is 5.25 Å². The molecular formula is C10H11NOS. The van der Waals surface area contributed by atoms with Gasteiger partial charge in [0.25, 0.3) is 0 Å². The Morgan fingerprint density at radius 1 is 1.31 bits per heavy atom. The van der Waals surface area contributed by atoms with Gasteiger partial charge in [-0.25, -0.2) is 0 Å². The summed E-state index contributed by atoms with van der Waals surface area (Å²) in [4.78, 5) is 12.4. The minimum atomic E-state index is 0.113. The second-order valence-electron chi connectivity index (χ2n) is 3.00. The highest BCUT2D eigenvalue weighted by Crippen LogP contribution is 2.26. The fourth-order valence-electron chi connectivity index (χ4n) is 1.35. The molecule has 1 aromatic carbocycles. The van der Waals surface area contributed by atoms with Crippen LogP contribution >= 0.6 is 11.8 Å². The van der Waals surface area contributed by atoms with E-state index in [4.69, 9.17) is 0 Å². The molecular weight excluding hydrogens is 182 g/mol. The third-order valence-electron chi connectivity index (χ3n) is 2.02. The van der Waals surface area contributed by atoms with Crippen molar-refractivity contribution in [2.45, 2.75) is 16.6 Å². The minimum Gasteiger partial charge on any atom is -0.355 e. The molecule has 2 nitrogen and oxygen atoms in total. The second-order valence-corrected chi connectivity index (χ2v) is 4.28. The molecule has 68 valence electrons. The van der Waals surface area contributed by atoms with Gasteiger partial charge in [0.2, 0.25) is 5.91 Å². The fourth-order valence-corrected chi connectivity index (χ4v) is 2.42. The number of carbonyl (C=O) groups is 1. The zero-order valence-electron chi connectivity index (χ0n) is 7.19. The largest absolute Gasteiger partial charge is 0.355 e. The van der Waals surface area contributed by atoms with Crippen molar-refractivity contribution in [2.75, 3.05) is 6.54 Å². The lowest BCUT2D eigenvalue weighted by atomic mass is 10.4. The van der Waals surface area contributed by atoms with Gasteiger partial charge in [0, 0.05) is 11.4 Å². The quantitative estimate of drug-likeness (QED) is 0.774. The van der Waals surface area contributed by atoms with Gasteiger partial charge in [-0.2, -0.15) is 0 Å². The average Bonchev–Trinajstić information content (AvgIpc) is 2.54. The van der Waals surface area contributed by atoms with Crippen LogP contribution < -0.4 is 5.32 Å². The highest BCUT2D eigenvalue weighted by molar-refractivity contribution is 8.00. The summed E-state index contributed by atoms with van der Waals surface area (Å²) in [6.45, 7) is 0.823. The molecule has 1 fully saturated rings. The zero-order chi connectivity index (χ0) is 9.10.